The summed E-state index contributed by atoms with van der Waals surface area (Å²) in [4.78, 5) is 33.4. The molecule has 11 nitrogen and oxygen atoms in total. The molecule has 1 aliphatic heterocycles. The summed E-state index contributed by atoms with van der Waals surface area (Å²) in [6, 6.07) is 18.8. The molecule has 0 saturated heterocycles. The van der Waals surface area contributed by atoms with Crippen molar-refractivity contribution >= 4 is 60.4 Å². The number of halogens is 2. The first-order valence-electron chi connectivity index (χ1n) is 12.7. The molecule has 15 heteroatoms. The van der Waals surface area contributed by atoms with Crippen LogP contribution in [0.2, 0.25) is 0 Å². The maximum Gasteiger partial charge on any atom is 0.262 e. The van der Waals surface area contributed by atoms with Gasteiger partial charge in [0.25, 0.3) is 11.5 Å². The van der Waals surface area contributed by atoms with Crippen molar-refractivity contribution in [2.75, 3.05) is 5.75 Å². The number of nitrogens with zero attached hydrogens (tertiary/aromatic N) is 5. The Balaban J connectivity index is 1.27. The van der Waals surface area contributed by atoms with Crippen molar-refractivity contribution < 1.29 is 17.6 Å². The molecule has 5 aromatic rings. The Bertz CT molecular complexity index is 2050. The van der Waals surface area contributed by atoms with Crippen molar-refractivity contribution in [3.63, 3.8) is 0 Å². The number of nitrogens with two attached hydrogens (primary N) is 1. The smallest absolute Gasteiger partial charge is 0.262 e. The second-order valence-electron chi connectivity index (χ2n) is 9.56. The third kappa shape index (κ3) is 6.01. The third-order valence-electron chi connectivity index (χ3n) is 6.76. The fourth-order valence-corrected chi connectivity index (χ4v) is 6.12. The van der Waals surface area contributed by atoms with Gasteiger partial charge in [0.1, 0.15) is 11.2 Å². The van der Waals surface area contributed by atoms with Crippen LogP contribution in [0.4, 0.5) is 4.39 Å². The number of carbonyl (C=O) groups excluding carboxylic acids is 1. The van der Waals surface area contributed by atoms with Gasteiger partial charge in [0, 0.05) is 10.9 Å². The van der Waals surface area contributed by atoms with Crippen molar-refractivity contribution in [2.24, 2.45) is 10.2 Å². The fourth-order valence-electron chi connectivity index (χ4n) is 4.63. The van der Waals surface area contributed by atoms with Crippen LogP contribution in [0, 0.1) is 5.82 Å². The number of rotatable bonds is 7. The Morgan fingerprint density at radius 1 is 1.07 bits per heavy atom. The van der Waals surface area contributed by atoms with Crippen molar-refractivity contribution in [2.45, 2.75) is 22.5 Å². The minimum Gasteiger partial charge on any atom is -0.301 e. The van der Waals surface area contributed by atoms with E-state index in [4.69, 9.17) is 5.14 Å². The van der Waals surface area contributed by atoms with Crippen molar-refractivity contribution in [1.29, 1.82) is 0 Å². The average Bonchev–Trinajstić information content (AvgIpc) is 3.62. The van der Waals surface area contributed by atoms with Gasteiger partial charge in [0.2, 0.25) is 10.0 Å². The summed E-state index contributed by atoms with van der Waals surface area (Å²) >= 11 is 4.45. The molecule has 43 heavy (non-hydrogen) atoms. The highest BCUT2D eigenvalue weighted by Gasteiger charge is 2.33. The van der Waals surface area contributed by atoms with Gasteiger partial charge in [-0.15, -0.1) is 0 Å². The van der Waals surface area contributed by atoms with Crippen LogP contribution in [-0.2, 0) is 14.8 Å². The van der Waals surface area contributed by atoms with Crippen LogP contribution in [0.1, 0.15) is 23.6 Å². The lowest BCUT2D eigenvalue weighted by Crippen LogP contribution is -2.28. The molecule has 6 rings (SSSR count). The van der Waals surface area contributed by atoms with Crippen LogP contribution in [0.5, 0.6) is 0 Å². The lowest BCUT2D eigenvalue weighted by molar-refractivity contribution is -0.130. The Morgan fingerprint density at radius 3 is 2.44 bits per heavy atom. The summed E-state index contributed by atoms with van der Waals surface area (Å²) in [7, 11) is -3.88. The largest absolute Gasteiger partial charge is 0.301 e. The monoisotopic (exact) mass is 681 g/mol. The van der Waals surface area contributed by atoms with E-state index in [0.717, 1.165) is 27.4 Å². The number of nitrogens with one attached hydrogen (secondary N) is 1. The lowest BCUT2D eigenvalue weighted by atomic mass is 9.98. The summed E-state index contributed by atoms with van der Waals surface area (Å²) in [5.41, 5.74) is 2.55. The number of hydrazone groups is 1. The molecular weight excluding hydrogens is 661 g/mol. The van der Waals surface area contributed by atoms with E-state index in [1.54, 1.807) is 12.1 Å². The van der Waals surface area contributed by atoms with Gasteiger partial charge in [-0.25, -0.2) is 32.6 Å². The van der Waals surface area contributed by atoms with E-state index in [-0.39, 0.29) is 38.6 Å². The zero-order chi connectivity index (χ0) is 30.3. The van der Waals surface area contributed by atoms with E-state index >= 15 is 0 Å². The molecule has 2 aromatic heterocycles. The number of carbonyl (C=O) groups is 1. The van der Waals surface area contributed by atoms with Crippen LogP contribution in [-0.4, -0.2) is 50.5 Å². The first kappa shape index (κ1) is 28.9. The molecule has 0 bridgehead atoms. The van der Waals surface area contributed by atoms with Gasteiger partial charge in [-0.05, 0) is 59.7 Å². The molecule has 3 heterocycles. The minimum atomic E-state index is -3.88. The van der Waals surface area contributed by atoms with Crippen LogP contribution in [0.15, 0.2) is 103 Å². The minimum absolute atomic E-state index is 0.0694. The van der Waals surface area contributed by atoms with Crippen LogP contribution in [0.25, 0.3) is 16.7 Å². The quantitative estimate of drug-likeness (QED) is 0.193. The fraction of sp³-hybridized carbons (Fsp3) is 0.107. The van der Waals surface area contributed by atoms with E-state index in [9.17, 15) is 22.4 Å². The Labute approximate surface area is 256 Å². The molecule has 0 spiro atoms. The zero-order valence-electron chi connectivity index (χ0n) is 22.0. The molecule has 218 valence electrons. The van der Waals surface area contributed by atoms with E-state index in [1.807, 2.05) is 24.3 Å². The van der Waals surface area contributed by atoms with Gasteiger partial charge in [0.05, 0.1) is 34.3 Å². The molecule has 0 fully saturated rings. The third-order valence-corrected chi connectivity index (χ3v) is 9.07. The van der Waals surface area contributed by atoms with Crippen molar-refractivity contribution in [3.8, 4) is 5.69 Å². The second-order valence-corrected chi connectivity index (χ2v) is 13.0. The first-order valence-corrected chi connectivity index (χ1v) is 16.0. The number of amides is 1. The number of fused-ring (bicyclic) bond motifs is 1. The van der Waals surface area contributed by atoms with Crippen molar-refractivity contribution in [3.05, 3.63) is 111 Å². The molecule has 0 aliphatic carbocycles. The number of sulfonamides is 1. The average molecular weight is 683 g/mol. The maximum atomic E-state index is 13.7. The Morgan fingerprint density at radius 2 is 1.77 bits per heavy atom. The Kier molecular flexibility index (Phi) is 7.72. The van der Waals surface area contributed by atoms with Gasteiger partial charge in [-0.3, -0.25) is 9.59 Å². The van der Waals surface area contributed by atoms with Crippen LogP contribution in [0.3, 0.4) is 0 Å². The maximum absolute atomic E-state index is 13.7. The van der Waals surface area contributed by atoms with E-state index in [0.29, 0.717) is 17.8 Å². The highest BCUT2D eigenvalue weighted by atomic mass is 79.9. The number of aromatic nitrogens is 4. The molecule has 0 saturated carbocycles. The van der Waals surface area contributed by atoms with Gasteiger partial charge in [0.15, 0.2) is 10.8 Å². The molecule has 1 atom stereocenters. The number of H-pyrrole nitrogens is 1. The number of thioether (sulfide) groups is 1. The van der Waals surface area contributed by atoms with E-state index in [1.165, 1.54) is 52.3 Å². The number of aromatic amines is 1. The highest BCUT2D eigenvalue weighted by molar-refractivity contribution is 9.10. The van der Waals surface area contributed by atoms with Crippen LogP contribution >= 0.6 is 27.7 Å². The Hall–Kier alpha value is -4.18. The predicted octanol–water partition coefficient (Wildman–Crippen LogP) is 4.13. The zero-order valence-corrected chi connectivity index (χ0v) is 25.2. The molecule has 1 aliphatic rings. The molecular formula is C28H21BrFN7O4S2. The van der Waals surface area contributed by atoms with Crippen molar-refractivity contribution in [1.82, 2.24) is 24.8 Å². The second kappa shape index (κ2) is 11.5. The van der Waals surface area contributed by atoms with E-state index in [2.05, 4.69) is 36.1 Å². The highest BCUT2D eigenvalue weighted by Crippen LogP contribution is 2.34. The summed E-state index contributed by atoms with van der Waals surface area (Å²) in [5, 5.41) is 15.8. The SMILES string of the molecule is NS(=O)(=O)c1ccc(-n2ncc3c(=O)[nH]c(SCC(=O)N4N=C(c5ccc(Br)cc5)C[C@H]4c4ccc(F)cc4)nc32)cc1. The first-order chi connectivity index (χ1) is 20.6. The van der Waals surface area contributed by atoms with Gasteiger partial charge in [-0.1, -0.05) is 52.0 Å². The molecule has 3 N–H and O–H groups in total. The van der Waals surface area contributed by atoms with Crippen LogP contribution < -0.4 is 10.7 Å². The van der Waals surface area contributed by atoms with Gasteiger partial charge >= 0.3 is 0 Å². The number of hydrogen-bond acceptors (Lipinski definition) is 8. The van der Waals surface area contributed by atoms with Gasteiger partial charge in [-0.2, -0.15) is 10.2 Å². The van der Waals surface area contributed by atoms with E-state index < -0.39 is 21.6 Å². The molecule has 0 radical (unpaired) electrons. The summed E-state index contributed by atoms with van der Waals surface area (Å²) in [6.45, 7) is 0. The van der Waals surface area contributed by atoms with Gasteiger partial charge < -0.3 is 4.98 Å². The number of hydrogen-bond donors (Lipinski definition) is 2. The normalized spacial score (nSPS) is 15.2. The standard InChI is InChI=1S/C28H21BrFN7O4S2/c29-18-5-1-16(2-6-18)23-13-24(17-3-7-19(30)8-4-17)37(35-23)25(38)15-42-28-33-26-22(27(39)34-28)14-32-36(26)20-9-11-21(12-10-20)43(31,40)41/h1-12,14,24H,13,15H2,(H2,31,40,41)(H,33,34,39)/t24-/m0/s1. The molecule has 3 aromatic carbocycles. The molecule has 1 amide bonds. The summed E-state index contributed by atoms with van der Waals surface area (Å²) in [6.07, 6.45) is 1.79. The summed E-state index contributed by atoms with van der Waals surface area (Å²) < 4.78 is 39.2. The number of primary sulfonamides is 1. The predicted molar refractivity (Wildman–Crippen MR) is 163 cm³/mol. The topological polar surface area (TPSA) is 156 Å². The lowest BCUT2D eigenvalue weighted by Gasteiger charge is -2.22. The molecule has 0 unspecified atom stereocenters. The summed E-state index contributed by atoms with van der Waals surface area (Å²) in [5.74, 6) is -0.809. The number of benzene rings is 3.